The van der Waals surface area contributed by atoms with Gasteiger partial charge in [0.1, 0.15) is 11.2 Å². The van der Waals surface area contributed by atoms with Gasteiger partial charge in [0.05, 0.1) is 15.5 Å². The summed E-state index contributed by atoms with van der Waals surface area (Å²) in [5.74, 6) is 0. The Morgan fingerprint density at radius 3 is 2.73 bits per heavy atom. The van der Waals surface area contributed by atoms with Crippen molar-refractivity contribution in [3.05, 3.63) is 44.6 Å². The van der Waals surface area contributed by atoms with Gasteiger partial charge in [0.2, 0.25) is 0 Å². The maximum atomic E-state index is 10.6. The molecule has 6 heteroatoms. The first-order chi connectivity index (χ1) is 7.11. The van der Waals surface area contributed by atoms with Gasteiger partial charge in [0, 0.05) is 5.39 Å². The molecule has 0 bridgehead atoms. The Balaban J connectivity index is 2.89. The Morgan fingerprint density at radius 1 is 1.33 bits per heavy atom. The molecule has 0 spiro atoms. The van der Waals surface area contributed by atoms with Crippen molar-refractivity contribution in [3.63, 3.8) is 0 Å². The third-order valence-electron chi connectivity index (χ3n) is 1.96. The van der Waals surface area contributed by atoms with Gasteiger partial charge in [0.15, 0.2) is 0 Å². The molecule has 0 saturated carbocycles. The van der Waals surface area contributed by atoms with Crippen LogP contribution in [0.4, 0.5) is 5.69 Å². The minimum Gasteiger partial charge on any atom is -0.258 e. The van der Waals surface area contributed by atoms with Gasteiger partial charge in [-0.15, -0.1) is 0 Å². The van der Waals surface area contributed by atoms with E-state index < -0.39 is 4.92 Å². The molecule has 0 atom stereocenters. The van der Waals surface area contributed by atoms with Gasteiger partial charge in [-0.25, -0.2) is 4.98 Å². The fourth-order valence-electron chi connectivity index (χ4n) is 1.28. The molecule has 2 aromatic rings. The van der Waals surface area contributed by atoms with Crippen LogP contribution in [0.1, 0.15) is 0 Å². The number of rotatable bonds is 1. The van der Waals surface area contributed by atoms with Crippen LogP contribution in [0.15, 0.2) is 24.4 Å². The SMILES string of the molecule is O=[N+]([O-])c1cnc2cccc(Cl)c2c1Cl. The van der Waals surface area contributed by atoms with Crippen molar-refractivity contribution in [2.45, 2.75) is 0 Å². The maximum absolute atomic E-state index is 10.6. The highest BCUT2D eigenvalue weighted by atomic mass is 35.5. The van der Waals surface area contributed by atoms with Crippen molar-refractivity contribution in [3.8, 4) is 0 Å². The standard InChI is InChI=1S/C9H4Cl2N2O2/c10-5-2-1-3-6-8(5)9(11)7(4-12-6)13(14)15/h1-4H. The lowest BCUT2D eigenvalue weighted by Crippen LogP contribution is -1.92. The van der Waals surface area contributed by atoms with Crippen LogP contribution >= 0.6 is 23.2 Å². The Bertz CT molecular complexity index is 557. The van der Waals surface area contributed by atoms with Crippen LogP contribution < -0.4 is 0 Å². The van der Waals surface area contributed by atoms with E-state index in [0.29, 0.717) is 15.9 Å². The van der Waals surface area contributed by atoms with E-state index in [1.807, 2.05) is 0 Å². The molecule has 0 saturated heterocycles. The minimum atomic E-state index is -0.585. The van der Waals surface area contributed by atoms with E-state index in [4.69, 9.17) is 23.2 Å². The highest BCUT2D eigenvalue weighted by molar-refractivity contribution is 6.43. The van der Waals surface area contributed by atoms with Gasteiger partial charge in [0.25, 0.3) is 0 Å². The molecule has 15 heavy (non-hydrogen) atoms. The first kappa shape index (κ1) is 10.1. The zero-order valence-electron chi connectivity index (χ0n) is 7.28. The van der Waals surface area contributed by atoms with Crippen LogP contribution in [0.25, 0.3) is 10.9 Å². The number of pyridine rings is 1. The monoisotopic (exact) mass is 242 g/mol. The third kappa shape index (κ3) is 1.62. The molecule has 76 valence electrons. The second kappa shape index (κ2) is 3.64. The number of halogens is 2. The first-order valence-corrected chi connectivity index (χ1v) is 4.74. The van der Waals surface area contributed by atoms with Crippen LogP contribution in [0, 0.1) is 10.1 Å². The molecular weight excluding hydrogens is 239 g/mol. The van der Waals surface area contributed by atoms with E-state index in [2.05, 4.69) is 4.98 Å². The van der Waals surface area contributed by atoms with E-state index in [-0.39, 0.29) is 10.7 Å². The molecule has 0 aliphatic carbocycles. The largest absolute Gasteiger partial charge is 0.306 e. The second-order valence-electron chi connectivity index (χ2n) is 2.85. The molecule has 1 aromatic carbocycles. The summed E-state index contributed by atoms with van der Waals surface area (Å²) in [7, 11) is 0. The number of hydrogen-bond donors (Lipinski definition) is 0. The lowest BCUT2D eigenvalue weighted by molar-refractivity contribution is -0.384. The van der Waals surface area contributed by atoms with Crippen molar-refractivity contribution >= 4 is 39.8 Å². The fourth-order valence-corrected chi connectivity index (χ4v) is 1.91. The van der Waals surface area contributed by atoms with Gasteiger partial charge in [-0.1, -0.05) is 29.3 Å². The summed E-state index contributed by atoms with van der Waals surface area (Å²) in [5, 5.41) is 11.4. The number of nitrogens with zero attached hydrogens (tertiary/aromatic N) is 2. The third-order valence-corrected chi connectivity index (χ3v) is 2.66. The van der Waals surface area contributed by atoms with Crippen LogP contribution in [-0.2, 0) is 0 Å². The number of aromatic nitrogens is 1. The molecule has 1 aromatic heterocycles. The van der Waals surface area contributed by atoms with Gasteiger partial charge in [-0.05, 0) is 12.1 Å². The summed E-state index contributed by atoms with van der Waals surface area (Å²) < 4.78 is 0. The zero-order chi connectivity index (χ0) is 11.0. The first-order valence-electron chi connectivity index (χ1n) is 3.98. The Hall–Kier alpha value is -1.39. The molecule has 4 nitrogen and oxygen atoms in total. The van der Waals surface area contributed by atoms with E-state index >= 15 is 0 Å². The predicted octanol–water partition coefficient (Wildman–Crippen LogP) is 3.45. The normalized spacial score (nSPS) is 10.5. The van der Waals surface area contributed by atoms with E-state index in [1.165, 1.54) is 0 Å². The molecule has 1 heterocycles. The summed E-state index contributed by atoms with van der Waals surface area (Å²) in [6.45, 7) is 0. The van der Waals surface area contributed by atoms with Crippen LogP contribution in [0.2, 0.25) is 10.0 Å². The van der Waals surface area contributed by atoms with E-state index in [0.717, 1.165) is 6.20 Å². The van der Waals surface area contributed by atoms with Gasteiger partial charge >= 0.3 is 5.69 Å². The highest BCUT2D eigenvalue weighted by Crippen LogP contribution is 2.34. The lowest BCUT2D eigenvalue weighted by atomic mass is 10.2. The summed E-state index contributed by atoms with van der Waals surface area (Å²) in [5.41, 5.74) is 0.301. The Labute approximate surface area is 94.6 Å². The van der Waals surface area contributed by atoms with Crippen LogP contribution in [-0.4, -0.2) is 9.91 Å². The number of hydrogen-bond acceptors (Lipinski definition) is 3. The minimum absolute atomic E-state index is 0.0237. The number of fused-ring (bicyclic) bond motifs is 1. The number of benzene rings is 1. The summed E-state index contributed by atoms with van der Waals surface area (Å²) >= 11 is 11.8. The summed E-state index contributed by atoms with van der Waals surface area (Å²) in [4.78, 5) is 13.9. The Kier molecular flexibility index (Phi) is 2.46. The fraction of sp³-hybridized carbons (Fsp3) is 0. The molecule has 0 N–H and O–H groups in total. The van der Waals surface area contributed by atoms with Crippen molar-refractivity contribution in [1.82, 2.24) is 4.98 Å². The summed E-state index contributed by atoms with van der Waals surface area (Å²) in [6, 6.07) is 5.01. The van der Waals surface area contributed by atoms with Gasteiger partial charge < -0.3 is 0 Å². The molecular formula is C9H4Cl2N2O2. The lowest BCUT2D eigenvalue weighted by Gasteiger charge is -2.02. The molecule has 0 aliphatic rings. The zero-order valence-corrected chi connectivity index (χ0v) is 8.79. The maximum Gasteiger partial charge on any atom is 0.306 e. The Morgan fingerprint density at radius 2 is 2.07 bits per heavy atom. The average Bonchev–Trinajstić information content (AvgIpc) is 2.17. The number of nitro groups is 1. The highest BCUT2D eigenvalue weighted by Gasteiger charge is 2.17. The molecule has 0 unspecified atom stereocenters. The van der Waals surface area contributed by atoms with Gasteiger partial charge in [-0.2, -0.15) is 0 Å². The van der Waals surface area contributed by atoms with Crippen molar-refractivity contribution in [2.24, 2.45) is 0 Å². The van der Waals surface area contributed by atoms with Gasteiger partial charge in [-0.3, -0.25) is 10.1 Å². The smallest absolute Gasteiger partial charge is 0.258 e. The molecule has 2 rings (SSSR count). The van der Waals surface area contributed by atoms with Crippen LogP contribution in [0.3, 0.4) is 0 Å². The van der Waals surface area contributed by atoms with Crippen molar-refractivity contribution in [2.75, 3.05) is 0 Å². The van der Waals surface area contributed by atoms with E-state index in [1.54, 1.807) is 18.2 Å². The van der Waals surface area contributed by atoms with E-state index in [9.17, 15) is 10.1 Å². The molecule has 0 fully saturated rings. The van der Waals surface area contributed by atoms with Crippen LogP contribution in [0.5, 0.6) is 0 Å². The van der Waals surface area contributed by atoms with Crippen molar-refractivity contribution < 1.29 is 4.92 Å². The quantitative estimate of drug-likeness (QED) is 0.569. The second-order valence-corrected chi connectivity index (χ2v) is 3.63. The summed E-state index contributed by atoms with van der Waals surface area (Å²) in [6.07, 6.45) is 1.13. The molecule has 0 radical (unpaired) electrons. The topological polar surface area (TPSA) is 56.0 Å². The molecule has 0 aliphatic heterocycles. The average molecular weight is 243 g/mol. The molecule has 0 amide bonds. The van der Waals surface area contributed by atoms with Crippen molar-refractivity contribution in [1.29, 1.82) is 0 Å². The predicted molar refractivity (Wildman–Crippen MR) is 58.4 cm³/mol.